The van der Waals surface area contributed by atoms with Crippen LogP contribution >= 0.6 is 0 Å². The first-order valence-corrected chi connectivity index (χ1v) is 5.36. The average molecular weight is 241 g/mol. The fourth-order valence-electron chi connectivity index (χ4n) is 1.44. The van der Waals surface area contributed by atoms with Crippen molar-refractivity contribution in [1.82, 2.24) is 5.32 Å². The SMILES string of the molecule is N#Cc1ccccc1NC(=O)NCc1ccco1. The molecule has 1 heterocycles. The molecule has 5 nitrogen and oxygen atoms in total. The molecule has 0 unspecified atom stereocenters. The Kier molecular flexibility index (Phi) is 3.62. The van der Waals surface area contributed by atoms with E-state index >= 15 is 0 Å². The largest absolute Gasteiger partial charge is 0.467 e. The zero-order chi connectivity index (χ0) is 12.8. The second-order valence-corrected chi connectivity index (χ2v) is 3.54. The summed E-state index contributed by atoms with van der Waals surface area (Å²) in [6.07, 6.45) is 1.54. The fourth-order valence-corrected chi connectivity index (χ4v) is 1.44. The summed E-state index contributed by atoms with van der Waals surface area (Å²) in [5.74, 6) is 0.665. The molecule has 0 saturated heterocycles. The lowest BCUT2D eigenvalue weighted by molar-refractivity contribution is 0.251. The standard InChI is InChI=1S/C13H11N3O2/c14-8-10-4-1-2-6-12(10)16-13(17)15-9-11-5-3-7-18-11/h1-7H,9H2,(H2,15,16,17). The van der Waals surface area contributed by atoms with E-state index in [0.29, 0.717) is 23.6 Å². The lowest BCUT2D eigenvalue weighted by Crippen LogP contribution is -2.28. The number of furan rings is 1. The molecule has 0 aliphatic heterocycles. The van der Waals surface area contributed by atoms with Gasteiger partial charge < -0.3 is 15.1 Å². The van der Waals surface area contributed by atoms with E-state index in [4.69, 9.17) is 9.68 Å². The Morgan fingerprint density at radius 2 is 2.11 bits per heavy atom. The molecule has 18 heavy (non-hydrogen) atoms. The summed E-state index contributed by atoms with van der Waals surface area (Å²) in [5.41, 5.74) is 0.905. The number of urea groups is 1. The maximum atomic E-state index is 11.6. The lowest BCUT2D eigenvalue weighted by atomic mass is 10.2. The zero-order valence-corrected chi connectivity index (χ0v) is 9.51. The Morgan fingerprint density at radius 3 is 2.83 bits per heavy atom. The minimum Gasteiger partial charge on any atom is -0.467 e. The highest BCUT2D eigenvalue weighted by Crippen LogP contribution is 2.13. The molecule has 2 aromatic rings. The van der Waals surface area contributed by atoms with Crippen LogP contribution in [-0.4, -0.2) is 6.03 Å². The van der Waals surface area contributed by atoms with Gasteiger partial charge in [0.1, 0.15) is 11.8 Å². The molecule has 0 spiro atoms. The summed E-state index contributed by atoms with van der Waals surface area (Å²) >= 11 is 0. The Balaban J connectivity index is 1.93. The van der Waals surface area contributed by atoms with Crippen LogP contribution in [0.1, 0.15) is 11.3 Å². The molecule has 0 saturated carbocycles. The summed E-state index contributed by atoms with van der Waals surface area (Å²) in [6.45, 7) is 0.299. The maximum Gasteiger partial charge on any atom is 0.319 e. The number of hydrogen-bond acceptors (Lipinski definition) is 3. The third-order valence-corrected chi connectivity index (χ3v) is 2.30. The molecule has 2 amide bonds. The van der Waals surface area contributed by atoms with Gasteiger partial charge in [-0.3, -0.25) is 0 Å². The van der Waals surface area contributed by atoms with Gasteiger partial charge in [-0.05, 0) is 24.3 Å². The number of carbonyl (C=O) groups excluding carboxylic acids is 1. The number of benzene rings is 1. The van der Waals surface area contributed by atoms with Crippen molar-refractivity contribution in [2.24, 2.45) is 0 Å². The van der Waals surface area contributed by atoms with Gasteiger partial charge in [0.2, 0.25) is 0 Å². The average Bonchev–Trinajstić information content (AvgIpc) is 2.90. The predicted molar refractivity (Wildman–Crippen MR) is 65.7 cm³/mol. The van der Waals surface area contributed by atoms with Crippen LogP contribution in [0.5, 0.6) is 0 Å². The topological polar surface area (TPSA) is 78.1 Å². The molecule has 0 aliphatic carbocycles. The van der Waals surface area contributed by atoms with E-state index in [1.807, 2.05) is 6.07 Å². The third kappa shape index (κ3) is 2.89. The first kappa shape index (κ1) is 11.7. The lowest BCUT2D eigenvalue weighted by Gasteiger charge is -2.07. The van der Waals surface area contributed by atoms with Crippen LogP contribution in [0.15, 0.2) is 47.1 Å². The summed E-state index contributed by atoms with van der Waals surface area (Å²) < 4.78 is 5.08. The number of nitrogens with zero attached hydrogens (tertiary/aromatic N) is 1. The number of rotatable bonds is 3. The molecule has 90 valence electrons. The molecule has 5 heteroatoms. The molecule has 0 bridgehead atoms. The van der Waals surface area contributed by atoms with Crippen molar-refractivity contribution in [2.45, 2.75) is 6.54 Å². The van der Waals surface area contributed by atoms with Crippen LogP contribution in [0, 0.1) is 11.3 Å². The minimum atomic E-state index is -0.380. The van der Waals surface area contributed by atoms with Crippen molar-refractivity contribution in [2.75, 3.05) is 5.32 Å². The van der Waals surface area contributed by atoms with Gasteiger partial charge in [-0.15, -0.1) is 0 Å². The molecule has 1 aromatic carbocycles. The monoisotopic (exact) mass is 241 g/mol. The van der Waals surface area contributed by atoms with Crippen molar-refractivity contribution in [1.29, 1.82) is 5.26 Å². The van der Waals surface area contributed by atoms with Crippen LogP contribution in [0.2, 0.25) is 0 Å². The van der Waals surface area contributed by atoms with Crippen LogP contribution in [-0.2, 0) is 6.54 Å². The summed E-state index contributed by atoms with van der Waals surface area (Å²) in [6, 6.07) is 12.0. The number of amides is 2. The van der Waals surface area contributed by atoms with Crippen molar-refractivity contribution in [3.05, 3.63) is 54.0 Å². The molecule has 1 aromatic heterocycles. The second-order valence-electron chi connectivity index (χ2n) is 3.54. The van der Waals surface area contributed by atoms with Gasteiger partial charge in [0, 0.05) is 0 Å². The number of para-hydroxylation sites is 1. The number of hydrogen-bond donors (Lipinski definition) is 2. The smallest absolute Gasteiger partial charge is 0.319 e. The number of nitrogens with one attached hydrogen (secondary N) is 2. The van der Waals surface area contributed by atoms with E-state index in [9.17, 15) is 4.79 Å². The van der Waals surface area contributed by atoms with E-state index in [0.717, 1.165) is 0 Å². The van der Waals surface area contributed by atoms with Crippen LogP contribution < -0.4 is 10.6 Å². The Bertz CT molecular complexity index is 570. The van der Waals surface area contributed by atoms with Gasteiger partial charge in [-0.1, -0.05) is 12.1 Å². The number of carbonyl (C=O) groups is 1. The molecular formula is C13H11N3O2. The van der Waals surface area contributed by atoms with E-state index < -0.39 is 0 Å². The van der Waals surface area contributed by atoms with E-state index in [1.165, 1.54) is 0 Å². The number of nitriles is 1. The second kappa shape index (κ2) is 5.55. The van der Waals surface area contributed by atoms with Gasteiger partial charge in [0.05, 0.1) is 24.1 Å². The highest BCUT2D eigenvalue weighted by Gasteiger charge is 2.05. The fraction of sp³-hybridized carbons (Fsp3) is 0.0769. The zero-order valence-electron chi connectivity index (χ0n) is 9.51. The summed E-state index contributed by atoms with van der Waals surface area (Å²) in [7, 11) is 0. The minimum absolute atomic E-state index is 0.299. The van der Waals surface area contributed by atoms with Gasteiger partial charge in [0.25, 0.3) is 0 Å². The summed E-state index contributed by atoms with van der Waals surface area (Å²) in [4.78, 5) is 11.6. The third-order valence-electron chi connectivity index (χ3n) is 2.30. The molecule has 0 atom stereocenters. The van der Waals surface area contributed by atoms with E-state index in [2.05, 4.69) is 10.6 Å². The molecule has 0 radical (unpaired) electrons. The van der Waals surface area contributed by atoms with Gasteiger partial charge >= 0.3 is 6.03 Å². The first-order chi connectivity index (χ1) is 8.79. The maximum absolute atomic E-state index is 11.6. The quantitative estimate of drug-likeness (QED) is 0.866. The summed E-state index contributed by atoms with van der Waals surface area (Å²) in [5, 5.41) is 14.1. The highest BCUT2D eigenvalue weighted by atomic mass is 16.3. The normalized spacial score (nSPS) is 9.50. The Morgan fingerprint density at radius 1 is 1.28 bits per heavy atom. The van der Waals surface area contributed by atoms with Crippen molar-refractivity contribution in [3.8, 4) is 6.07 Å². The highest BCUT2D eigenvalue weighted by molar-refractivity contribution is 5.90. The molecule has 0 fully saturated rings. The molecule has 0 aliphatic rings. The Labute approximate surface area is 104 Å². The van der Waals surface area contributed by atoms with Gasteiger partial charge in [0.15, 0.2) is 0 Å². The van der Waals surface area contributed by atoms with Gasteiger partial charge in [-0.2, -0.15) is 5.26 Å². The first-order valence-electron chi connectivity index (χ1n) is 5.36. The van der Waals surface area contributed by atoms with E-state index in [1.54, 1.807) is 42.7 Å². The van der Waals surface area contributed by atoms with E-state index in [-0.39, 0.29) is 6.03 Å². The van der Waals surface area contributed by atoms with Crippen LogP contribution in [0.25, 0.3) is 0 Å². The van der Waals surface area contributed by atoms with Crippen LogP contribution in [0.4, 0.5) is 10.5 Å². The molecule has 2 N–H and O–H groups in total. The van der Waals surface area contributed by atoms with Crippen molar-refractivity contribution in [3.63, 3.8) is 0 Å². The van der Waals surface area contributed by atoms with Crippen LogP contribution in [0.3, 0.4) is 0 Å². The van der Waals surface area contributed by atoms with Crippen molar-refractivity contribution >= 4 is 11.7 Å². The predicted octanol–water partition coefficient (Wildman–Crippen LogP) is 2.47. The van der Waals surface area contributed by atoms with Crippen molar-refractivity contribution < 1.29 is 9.21 Å². The van der Waals surface area contributed by atoms with Gasteiger partial charge in [-0.25, -0.2) is 4.79 Å². The molecular weight excluding hydrogens is 230 g/mol. The number of anilines is 1. The Hall–Kier alpha value is -2.74. The molecule has 2 rings (SSSR count).